The van der Waals surface area contributed by atoms with Gasteiger partial charge in [0.25, 0.3) is 0 Å². The molecule has 0 aromatic heterocycles. The van der Waals surface area contributed by atoms with Crippen LogP contribution in [0, 0.1) is 0 Å². The molecular weight excluding hydrogens is 236 g/mol. The third kappa shape index (κ3) is 4.71. The van der Waals surface area contributed by atoms with E-state index in [0.29, 0.717) is 11.3 Å². The zero-order valence-corrected chi connectivity index (χ0v) is 10.7. The van der Waals surface area contributed by atoms with E-state index in [1.54, 1.807) is 36.4 Å². The lowest BCUT2D eigenvalue weighted by Gasteiger charge is -2.03. The molecule has 3 nitrogen and oxygen atoms in total. The van der Waals surface area contributed by atoms with Crippen LogP contribution in [0.1, 0.15) is 19.8 Å². The van der Waals surface area contributed by atoms with E-state index in [1.165, 1.54) is 6.08 Å². The molecule has 0 aliphatic heterocycles. The smallest absolute Gasteiger partial charge is 0.181 e. The summed E-state index contributed by atoms with van der Waals surface area (Å²) in [5.41, 5.74) is 0. The van der Waals surface area contributed by atoms with Crippen molar-refractivity contribution in [3.8, 4) is 0 Å². The molecule has 1 atom stereocenters. The van der Waals surface area contributed by atoms with Crippen molar-refractivity contribution in [2.75, 3.05) is 5.75 Å². The number of aliphatic hydroxyl groups is 1. The highest BCUT2D eigenvalue weighted by Gasteiger charge is 2.11. The van der Waals surface area contributed by atoms with E-state index in [-0.39, 0.29) is 5.75 Å². The van der Waals surface area contributed by atoms with Gasteiger partial charge in [-0.2, -0.15) is 0 Å². The van der Waals surface area contributed by atoms with E-state index < -0.39 is 15.9 Å². The second-order valence-electron chi connectivity index (χ2n) is 3.88. The summed E-state index contributed by atoms with van der Waals surface area (Å²) in [4.78, 5) is 0.314. The number of aliphatic hydroxyl groups excluding tert-OH is 1. The highest BCUT2D eigenvalue weighted by Crippen LogP contribution is 2.10. The lowest BCUT2D eigenvalue weighted by atomic mass is 10.2. The number of benzene rings is 1. The Bertz CT molecular complexity index is 449. The van der Waals surface area contributed by atoms with Gasteiger partial charge in [0.1, 0.15) is 0 Å². The average Bonchev–Trinajstić information content (AvgIpc) is 2.30. The van der Waals surface area contributed by atoms with E-state index in [1.807, 2.05) is 6.92 Å². The molecule has 0 bridgehead atoms. The topological polar surface area (TPSA) is 54.4 Å². The van der Waals surface area contributed by atoms with Gasteiger partial charge in [0.05, 0.1) is 16.8 Å². The average molecular weight is 254 g/mol. The Morgan fingerprint density at radius 3 is 2.53 bits per heavy atom. The fraction of sp³-hybridized carbons (Fsp3) is 0.385. The molecule has 0 fully saturated rings. The minimum absolute atomic E-state index is 0.0716. The highest BCUT2D eigenvalue weighted by molar-refractivity contribution is 7.91. The van der Waals surface area contributed by atoms with Crippen LogP contribution >= 0.6 is 0 Å². The largest absolute Gasteiger partial charge is 0.389 e. The number of rotatable bonds is 6. The minimum Gasteiger partial charge on any atom is -0.389 e. The maximum absolute atomic E-state index is 11.8. The Kier molecular flexibility index (Phi) is 5.38. The van der Waals surface area contributed by atoms with Crippen molar-refractivity contribution in [3.63, 3.8) is 0 Å². The first kappa shape index (κ1) is 13.9. The summed E-state index contributed by atoms with van der Waals surface area (Å²) in [5.74, 6) is -0.0716. The van der Waals surface area contributed by atoms with E-state index in [9.17, 15) is 13.5 Å². The molecule has 0 aliphatic carbocycles. The van der Waals surface area contributed by atoms with Gasteiger partial charge in [-0.15, -0.1) is 0 Å². The molecular formula is C13H18O3S. The lowest BCUT2D eigenvalue weighted by Crippen LogP contribution is -2.06. The second-order valence-corrected chi connectivity index (χ2v) is 5.91. The highest BCUT2D eigenvalue weighted by atomic mass is 32.2. The molecule has 1 N–H and O–H groups in total. The van der Waals surface area contributed by atoms with Crippen molar-refractivity contribution in [1.82, 2.24) is 0 Å². The van der Waals surface area contributed by atoms with Crippen molar-refractivity contribution in [2.24, 2.45) is 0 Å². The summed E-state index contributed by atoms with van der Waals surface area (Å²) in [6, 6.07) is 8.32. The van der Waals surface area contributed by atoms with Crippen molar-refractivity contribution in [2.45, 2.75) is 30.8 Å². The fourth-order valence-corrected chi connectivity index (χ4v) is 2.58. The second kappa shape index (κ2) is 6.57. The Balaban J connectivity index is 2.63. The van der Waals surface area contributed by atoms with Crippen LogP contribution in [0.4, 0.5) is 0 Å². The molecule has 1 aromatic carbocycles. The maximum Gasteiger partial charge on any atom is 0.181 e. The van der Waals surface area contributed by atoms with Gasteiger partial charge in [0.2, 0.25) is 0 Å². The van der Waals surface area contributed by atoms with Gasteiger partial charge in [-0.1, -0.05) is 43.7 Å². The van der Waals surface area contributed by atoms with E-state index in [0.717, 1.165) is 6.42 Å². The Morgan fingerprint density at radius 1 is 1.29 bits per heavy atom. The molecule has 0 saturated heterocycles. The first-order chi connectivity index (χ1) is 8.06. The summed E-state index contributed by atoms with van der Waals surface area (Å²) in [6.45, 7) is 1.97. The van der Waals surface area contributed by atoms with Crippen molar-refractivity contribution in [3.05, 3.63) is 42.5 Å². The van der Waals surface area contributed by atoms with Crippen LogP contribution in [0.25, 0.3) is 0 Å². The quantitative estimate of drug-likeness (QED) is 0.792. The van der Waals surface area contributed by atoms with Crippen LogP contribution in [0.5, 0.6) is 0 Å². The monoisotopic (exact) mass is 254 g/mol. The summed E-state index contributed by atoms with van der Waals surface area (Å²) in [7, 11) is -3.27. The third-order valence-corrected chi connectivity index (χ3v) is 3.98. The molecule has 0 spiro atoms. The van der Waals surface area contributed by atoms with Crippen molar-refractivity contribution < 1.29 is 13.5 Å². The van der Waals surface area contributed by atoms with Crippen LogP contribution in [0.3, 0.4) is 0 Å². The Hall–Kier alpha value is -1.13. The molecule has 0 saturated carbocycles. The van der Waals surface area contributed by atoms with Gasteiger partial charge >= 0.3 is 0 Å². The summed E-state index contributed by atoms with van der Waals surface area (Å²) in [6.07, 6.45) is 4.04. The molecule has 1 unspecified atom stereocenters. The van der Waals surface area contributed by atoms with Crippen LogP contribution in [0.15, 0.2) is 47.4 Å². The van der Waals surface area contributed by atoms with E-state index in [2.05, 4.69) is 0 Å². The predicted molar refractivity (Wildman–Crippen MR) is 68.5 cm³/mol. The van der Waals surface area contributed by atoms with E-state index in [4.69, 9.17) is 0 Å². The molecule has 4 heteroatoms. The normalized spacial score (nSPS) is 14.0. The lowest BCUT2D eigenvalue weighted by molar-refractivity contribution is 0.211. The van der Waals surface area contributed by atoms with Crippen molar-refractivity contribution in [1.29, 1.82) is 0 Å². The predicted octanol–water partition coefficient (Wildman–Crippen LogP) is 2.18. The van der Waals surface area contributed by atoms with Gasteiger partial charge in [0.15, 0.2) is 9.84 Å². The van der Waals surface area contributed by atoms with Gasteiger partial charge < -0.3 is 5.11 Å². The van der Waals surface area contributed by atoms with Gasteiger partial charge in [-0.3, -0.25) is 0 Å². The number of sulfone groups is 1. The molecule has 94 valence electrons. The molecule has 0 amide bonds. The van der Waals surface area contributed by atoms with Crippen LogP contribution in [-0.2, 0) is 9.84 Å². The third-order valence-electron chi connectivity index (χ3n) is 2.36. The van der Waals surface area contributed by atoms with Crippen LogP contribution in [0.2, 0.25) is 0 Å². The molecule has 0 aliphatic rings. The zero-order chi connectivity index (χ0) is 12.7. The Labute approximate surface area is 103 Å². The molecule has 1 rings (SSSR count). The summed E-state index contributed by atoms with van der Waals surface area (Å²) in [5, 5.41) is 9.43. The van der Waals surface area contributed by atoms with E-state index >= 15 is 0 Å². The van der Waals surface area contributed by atoms with Crippen LogP contribution < -0.4 is 0 Å². The standard InChI is InChI=1S/C13H18O3S/c1-2-7-12(14)8-6-11-17(15,16)13-9-4-3-5-10-13/h3-6,8-10,12,14H,2,7,11H2,1H3/b8-6+. The first-order valence-corrected chi connectivity index (χ1v) is 7.34. The maximum atomic E-state index is 11.8. The van der Waals surface area contributed by atoms with Gasteiger partial charge in [-0.05, 0) is 18.6 Å². The molecule has 0 heterocycles. The first-order valence-electron chi connectivity index (χ1n) is 5.69. The molecule has 1 aromatic rings. The minimum atomic E-state index is -3.27. The summed E-state index contributed by atoms with van der Waals surface area (Å²) < 4.78 is 23.7. The fourth-order valence-electron chi connectivity index (χ4n) is 1.46. The molecule has 17 heavy (non-hydrogen) atoms. The zero-order valence-electron chi connectivity index (χ0n) is 9.91. The van der Waals surface area contributed by atoms with Crippen LogP contribution in [-0.4, -0.2) is 25.4 Å². The Morgan fingerprint density at radius 2 is 1.94 bits per heavy atom. The number of hydrogen-bond donors (Lipinski definition) is 1. The number of hydrogen-bond acceptors (Lipinski definition) is 3. The van der Waals surface area contributed by atoms with Gasteiger partial charge in [-0.25, -0.2) is 8.42 Å². The molecule has 0 radical (unpaired) electrons. The van der Waals surface area contributed by atoms with Crippen molar-refractivity contribution >= 4 is 9.84 Å². The SMILES string of the molecule is CCCC(O)/C=C/CS(=O)(=O)c1ccccc1. The van der Waals surface area contributed by atoms with Gasteiger partial charge in [0, 0.05) is 0 Å². The summed E-state index contributed by atoms with van der Waals surface area (Å²) >= 11 is 0.